The number of nitrogens with zero attached hydrogens (tertiary/aromatic N) is 2. The second kappa shape index (κ2) is 6.36. The number of hydrogen-bond donors (Lipinski definition) is 3. The topological polar surface area (TPSA) is 111 Å². The molecule has 21 heavy (non-hydrogen) atoms. The lowest BCUT2D eigenvalue weighted by Crippen LogP contribution is -2.29. The second-order valence-electron chi connectivity index (χ2n) is 4.21. The smallest absolute Gasteiger partial charge is 0.351 e. The van der Waals surface area contributed by atoms with Crippen molar-refractivity contribution in [3.63, 3.8) is 0 Å². The number of aromatic nitrogens is 2. The predicted octanol–water partition coefficient (Wildman–Crippen LogP) is -0.367. The molecule has 1 aromatic rings. The Balaban J connectivity index is 2.53. The summed E-state index contributed by atoms with van der Waals surface area (Å²) in [4.78, 5) is 17.9. The molecule has 3 atom stereocenters. The molecule has 0 bridgehead atoms. The van der Waals surface area contributed by atoms with E-state index in [2.05, 4.69) is 31.7 Å². The molecule has 0 saturated carbocycles. The third-order valence-corrected chi connectivity index (χ3v) is 3.20. The van der Waals surface area contributed by atoms with Crippen LogP contribution in [0.25, 0.3) is 0 Å². The van der Waals surface area contributed by atoms with Crippen LogP contribution < -0.4 is 11.4 Å². The van der Waals surface area contributed by atoms with Crippen molar-refractivity contribution in [2.24, 2.45) is 0 Å². The van der Waals surface area contributed by atoms with Crippen molar-refractivity contribution in [1.29, 1.82) is 0 Å². The van der Waals surface area contributed by atoms with Crippen molar-refractivity contribution >= 4 is 21.7 Å². The Morgan fingerprint density at radius 1 is 1.67 bits per heavy atom. The average molecular weight is 360 g/mol. The summed E-state index contributed by atoms with van der Waals surface area (Å²) in [6, 6.07) is 0. The first-order valence-electron chi connectivity index (χ1n) is 5.78. The number of ether oxygens (including phenoxy) is 1. The highest BCUT2D eigenvalue weighted by atomic mass is 79.9. The maximum absolute atomic E-state index is 13.0. The molecule has 7 nitrogen and oxygen atoms in total. The van der Waals surface area contributed by atoms with Crippen LogP contribution in [0, 0.1) is 10.8 Å². The Labute approximate surface area is 127 Å². The monoisotopic (exact) mass is 359 g/mol. The molecule has 1 saturated heterocycles. The van der Waals surface area contributed by atoms with Gasteiger partial charge in [-0.1, -0.05) is 0 Å². The molecule has 0 spiro atoms. The van der Waals surface area contributed by atoms with Gasteiger partial charge in [-0.25, -0.2) is 9.18 Å². The van der Waals surface area contributed by atoms with Crippen molar-refractivity contribution in [3.05, 3.63) is 34.1 Å². The third-order valence-electron chi connectivity index (χ3n) is 3.00. The van der Waals surface area contributed by atoms with Gasteiger partial charge in [-0.15, -0.1) is 0 Å². The van der Waals surface area contributed by atoms with Crippen LogP contribution >= 0.6 is 15.9 Å². The summed E-state index contributed by atoms with van der Waals surface area (Å²) in [6.07, 6.45) is -2.23. The van der Waals surface area contributed by atoms with Gasteiger partial charge in [0.05, 0.1) is 18.5 Å². The van der Waals surface area contributed by atoms with E-state index < -0.39 is 30.7 Å². The van der Waals surface area contributed by atoms with Crippen LogP contribution in [-0.2, 0) is 4.74 Å². The first-order valence-corrected chi connectivity index (χ1v) is 6.57. The molecule has 2 rings (SSSR count). The summed E-state index contributed by atoms with van der Waals surface area (Å²) < 4.78 is 19.2. The van der Waals surface area contributed by atoms with Crippen molar-refractivity contribution < 1.29 is 19.3 Å². The van der Waals surface area contributed by atoms with E-state index in [1.54, 1.807) is 0 Å². The largest absolute Gasteiger partial charge is 0.394 e. The number of hydrogen-bond acceptors (Lipinski definition) is 6. The molecular weight excluding hydrogens is 349 g/mol. The van der Waals surface area contributed by atoms with Crippen molar-refractivity contribution in [1.82, 2.24) is 9.55 Å². The summed E-state index contributed by atoms with van der Waals surface area (Å²) in [5.41, 5.74) is 4.80. The number of anilines is 1. The molecule has 1 fully saturated rings. The summed E-state index contributed by atoms with van der Waals surface area (Å²) in [5.74, 6) is 2.50. The molecule has 0 radical (unpaired) electrons. The number of nitrogen functional groups attached to an aromatic ring is 1. The molecule has 9 heteroatoms. The van der Waals surface area contributed by atoms with E-state index in [0.29, 0.717) is 0 Å². The first kappa shape index (κ1) is 15.7. The van der Waals surface area contributed by atoms with Crippen molar-refractivity contribution in [2.75, 3.05) is 12.3 Å². The van der Waals surface area contributed by atoms with E-state index in [4.69, 9.17) is 15.6 Å². The zero-order valence-corrected chi connectivity index (χ0v) is 12.1. The van der Waals surface area contributed by atoms with Crippen LogP contribution in [0.15, 0.2) is 22.9 Å². The number of nitrogens with two attached hydrogens (primary N) is 1. The Hall–Kier alpha value is -1.73. The van der Waals surface area contributed by atoms with Crippen LogP contribution in [0.3, 0.4) is 0 Å². The van der Waals surface area contributed by atoms with E-state index in [-0.39, 0.29) is 23.3 Å². The Morgan fingerprint density at radius 3 is 2.95 bits per heavy atom. The zero-order valence-electron chi connectivity index (χ0n) is 10.5. The third kappa shape index (κ3) is 2.84. The van der Waals surface area contributed by atoms with Crippen LogP contribution in [0.2, 0.25) is 0 Å². The first-order chi connectivity index (χ1) is 10.0. The van der Waals surface area contributed by atoms with Gasteiger partial charge in [0, 0.05) is 27.7 Å². The fourth-order valence-corrected chi connectivity index (χ4v) is 2.18. The average Bonchev–Trinajstić information content (AvgIpc) is 2.78. The van der Waals surface area contributed by atoms with E-state index in [0.717, 1.165) is 4.57 Å². The number of aliphatic hydroxyl groups excluding tert-OH is 2. The van der Waals surface area contributed by atoms with E-state index >= 15 is 0 Å². The SMILES string of the molecule is Nc1nc(=O)n(C2OC(CO)C(O)C2=CF)cc1C#CBr. The molecule has 112 valence electrons. The normalized spacial score (nSPS) is 26.7. The maximum atomic E-state index is 13.0. The summed E-state index contributed by atoms with van der Waals surface area (Å²) >= 11 is 2.90. The van der Waals surface area contributed by atoms with Gasteiger partial charge >= 0.3 is 5.69 Å². The molecule has 2 heterocycles. The van der Waals surface area contributed by atoms with E-state index in [9.17, 15) is 14.3 Å². The molecule has 1 aromatic heterocycles. The number of halogens is 2. The highest BCUT2D eigenvalue weighted by Gasteiger charge is 2.40. The van der Waals surface area contributed by atoms with Gasteiger partial charge in [-0.05, 0) is 10.8 Å². The lowest BCUT2D eigenvalue weighted by atomic mass is 10.1. The number of rotatable bonds is 2. The molecule has 1 aliphatic heterocycles. The van der Waals surface area contributed by atoms with Crippen LogP contribution in [-0.4, -0.2) is 38.6 Å². The lowest BCUT2D eigenvalue weighted by molar-refractivity contribution is -0.0447. The maximum Gasteiger partial charge on any atom is 0.351 e. The van der Waals surface area contributed by atoms with Crippen LogP contribution in [0.1, 0.15) is 11.8 Å². The van der Waals surface area contributed by atoms with Gasteiger partial charge < -0.3 is 20.7 Å². The Morgan fingerprint density at radius 2 is 2.38 bits per heavy atom. The highest BCUT2D eigenvalue weighted by Crippen LogP contribution is 2.33. The van der Waals surface area contributed by atoms with Gasteiger partial charge in [-0.2, -0.15) is 4.98 Å². The molecule has 0 amide bonds. The minimum absolute atomic E-state index is 0.0776. The van der Waals surface area contributed by atoms with Gasteiger partial charge in [0.2, 0.25) is 0 Å². The summed E-state index contributed by atoms with van der Waals surface area (Å²) in [6.45, 7) is -0.528. The number of aliphatic hydroxyl groups is 2. The molecule has 0 aliphatic carbocycles. The van der Waals surface area contributed by atoms with E-state index in [1.165, 1.54) is 6.20 Å². The second-order valence-corrected chi connectivity index (χ2v) is 4.61. The predicted molar refractivity (Wildman–Crippen MR) is 74.9 cm³/mol. The fourth-order valence-electron chi connectivity index (χ4n) is 1.96. The van der Waals surface area contributed by atoms with Crippen molar-refractivity contribution in [3.8, 4) is 10.8 Å². The molecule has 1 aliphatic rings. The molecular formula is C12H11BrFN3O4. The summed E-state index contributed by atoms with van der Waals surface area (Å²) in [5, 5.41) is 18.9. The van der Waals surface area contributed by atoms with Crippen molar-refractivity contribution in [2.45, 2.75) is 18.4 Å². The minimum Gasteiger partial charge on any atom is -0.394 e. The Kier molecular flexibility index (Phi) is 4.74. The van der Waals surface area contributed by atoms with Gasteiger partial charge in [0.15, 0.2) is 6.23 Å². The quantitative estimate of drug-likeness (QED) is 0.621. The minimum atomic E-state index is -1.36. The molecule has 0 aromatic carbocycles. The molecule has 4 N–H and O–H groups in total. The van der Waals surface area contributed by atoms with Gasteiger partial charge in [-0.3, -0.25) is 4.57 Å². The Bertz CT molecular complexity index is 694. The molecule has 3 unspecified atom stereocenters. The highest BCUT2D eigenvalue weighted by molar-refractivity contribution is 9.12. The van der Waals surface area contributed by atoms with Crippen LogP contribution in [0.5, 0.6) is 0 Å². The fraction of sp³-hybridized carbons (Fsp3) is 0.333. The standard InChI is InChI=1S/C12H11BrFN3O4/c13-2-1-6-4-17(12(20)16-10(6)15)11-7(3-14)9(19)8(5-18)21-11/h3-4,8-9,11,18-19H,5H2,(H2,15,16,20). The van der Waals surface area contributed by atoms with Crippen LogP contribution in [0.4, 0.5) is 10.2 Å². The van der Waals surface area contributed by atoms with E-state index in [1.807, 2.05) is 0 Å². The van der Waals surface area contributed by atoms with Gasteiger partial charge in [0.1, 0.15) is 18.0 Å². The van der Waals surface area contributed by atoms with Gasteiger partial charge in [0.25, 0.3) is 0 Å². The lowest BCUT2D eigenvalue weighted by Gasteiger charge is -2.15. The zero-order chi connectivity index (χ0) is 15.6. The summed E-state index contributed by atoms with van der Waals surface area (Å²) in [7, 11) is 0.